The topological polar surface area (TPSA) is 76.0 Å². The molecule has 2 heterocycles. The number of hydrogen-bond acceptors (Lipinski definition) is 5. The minimum absolute atomic E-state index is 0.121. The van der Waals surface area contributed by atoms with Crippen LogP contribution in [-0.2, 0) is 0 Å². The third kappa shape index (κ3) is 1.84. The second-order valence-corrected chi connectivity index (χ2v) is 3.73. The number of carboxylic acid groups (broad SMARTS) is 1. The lowest BCUT2D eigenvalue weighted by Crippen LogP contribution is -2.04. The summed E-state index contributed by atoms with van der Waals surface area (Å²) in [7, 11) is 0. The van der Waals surface area contributed by atoms with Crippen LogP contribution in [0.15, 0.2) is 17.8 Å². The van der Waals surface area contributed by atoms with Crippen LogP contribution in [0.25, 0.3) is 10.8 Å². The highest BCUT2D eigenvalue weighted by molar-refractivity contribution is 7.12. The summed E-state index contributed by atoms with van der Waals surface area (Å²) in [5.74, 6) is -0.550. The van der Waals surface area contributed by atoms with Crippen molar-refractivity contribution in [3.63, 3.8) is 0 Å². The molecule has 0 aliphatic carbocycles. The van der Waals surface area contributed by atoms with E-state index in [2.05, 4.69) is 15.0 Å². The molecule has 0 saturated carbocycles. The molecule has 0 fully saturated rings. The first kappa shape index (κ1) is 9.72. The average Bonchev–Trinajstić information content (AvgIpc) is 2.69. The maximum absolute atomic E-state index is 10.7. The predicted octanol–water partition coefficient (Wildman–Crippen LogP) is 1.61. The summed E-state index contributed by atoms with van der Waals surface area (Å²) in [5.41, 5.74) is 0.568. The second-order valence-electron chi connectivity index (χ2n) is 2.84. The van der Waals surface area contributed by atoms with Crippen LogP contribution in [0, 0.1) is 6.92 Å². The van der Waals surface area contributed by atoms with E-state index in [0.29, 0.717) is 16.5 Å². The van der Waals surface area contributed by atoms with Gasteiger partial charge in [0.15, 0.2) is 10.8 Å². The van der Waals surface area contributed by atoms with E-state index in [-0.39, 0.29) is 5.56 Å². The van der Waals surface area contributed by atoms with Crippen LogP contribution in [-0.4, -0.2) is 26.0 Å². The Hall–Kier alpha value is -1.82. The van der Waals surface area contributed by atoms with Gasteiger partial charge in [0.05, 0.1) is 11.3 Å². The van der Waals surface area contributed by atoms with Gasteiger partial charge in [0.1, 0.15) is 0 Å². The molecular formula is C9H7N3O2S. The summed E-state index contributed by atoms with van der Waals surface area (Å²) in [6, 6.07) is 0. The molecule has 0 aliphatic rings. The third-order valence-corrected chi connectivity index (χ3v) is 2.60. The van der Waals surface area contributed by atoms with Crippen molar-refractivity contribution in [1.29, 1.82) is 0 Å². The molecule has 0 spiro atoms. The first-order valence-corrected chi connectivity index (χ1v) is 5.03. The van der Waals surface area contributed by atoms with Gasteiger partial charge in [-0.25, -0.2) is 19.7 Å². The fraction of sp³-hybridized carbons (Fsp3) is 0.111. The number of thiazole rings is 1. The van der Waals surface area contributed by atoms with Gasteiger partial charge in [-0.15, -0.1) is 11.3 Å². The van der Waals surface area contributed by atoms with Crippen molar-refractivity contribution in [2.75, 3.05) is 0 Å². The molecule has 5 nitrogen and oxygen atoms in total. The van der Waals surface area contributed by atoms with Gasteiger partial charge in [0, 0.05) is 17.8 Å². The first-order valence-electron chi connectivity index (χ1n) is 4.15. The molecule has 6 heteroatoms. The zero-order chi connectivity index (χ0) is 10.8. The van der Waals surface area contributed by atoms with Crippen LogP contribution in [0.1, 0.15) is 16.1 Å². The van der Waals surface area contributed by atoms with E-state index in [1.165, 1.54) is 17.5 Å². The fourth-order valence-electron chi connectivity index (χ4n) is 1.11. The molecule has 0 amide bonds. The minimum atomic E-state index is -1.02. The summed E-state index contributed by atoms with van der Waals surface area (Å²) in [4.78, 5) is 22.8. The van der Waals surface area contributed by atoms with Crippen molar-refractivity contribution in [3.8, 4) is 10.8 Å². The summed E-state index contributed by atoms with van der Waals surface area (Å²) >= 11 is 1.42. The molecule has 15 heavy (non-hydrogen) atoms. The van der Waals surface area contributed by atoms with Crippen molar-refractivity contribution < 1.29 is 9.90 Å². The van der Waals surface area contributed by atoms with E-state index in [4.69, 9.17) is 5.11 Å². The molecule has 0 unspecified atom stereocenters. The van der Waals surface area contributed by atoms with E-state index in [1.807, 2.05) is 5.38 Å². The molecule has 2 aromatic rings. The van der Waals surface area contributed by atoms with E-state index in [0.717, 1.165) is 0 Å². The van der Waals surface area contributed by atoms with Crippen molar-refractivity contribution in [3.05, 3.63) is 29.0 Å². The third-order valence-electron chi connectivity index (χ3n) is 1.83. The number of hydrogen-bond donors (Lipinski definition) is 1. The molecule has 1 N–H and O–H groups in total. The van der Waals surface area contributed by atoms with Gasteiger partial charge in [-0.1, -0.05) is 0 Å². The average molecular weight is 221 g/mol. The minimum Gasteiger partial charge on any atom is -0.478 e. The highest BCUT2D eigenvalue weighted by atomic mass is 32.1. The van der Waals surface area contributed by atoms with E-state index in [1.54, 1.807) is 13.1 Å². The molecule has 76 valence electrons. The van der Waals surface area contributed by atoms with Gasteiger partial charge in [-0.3, -0.25) is 0 Å². The molecule has 0 saturated heterocycles. The Morgan fingerprint density at radius 1 is 1.47 bits per heavy atom. The van der Waals surface area contributed by atoms with Crippen molar-refractivity contribution in [1.82, 2.24) is 15.0 Å². The number of carboxylic acids is 1. The lowest BCUT2D eigenvalue weighted by Gasteiger charge is -2.00. The van der Waals surface area contributed by atoms with Gasteiger partial charge in [-0.2, -0.15) is 0 Å². The van der Waals surface area contributed by atoms with Crippen LogP contribution >= 0.6 is 11.3 Å². The predicted molar refractivity (Wildman–Crippen MR) is 54.8 cm³/mol. The Bertz CT molecular complexity index is 496. The Morgan fingerprint density at radius 2 is 2.27 bits per heavy atom. The largest absolute Gasteiger partial charge is 0.478 e. The number of carbonyl (C=O) groups is 1. The highest BCUT2D eigenvalue weighted by Crippen LogP contribution is 2.18. The summed E-state index contributed by atoms with van der Waals surface area (Å²) in [6.45, 7) is 1.64. The Balaban J connectivity index is 2.47. The zero-order valence-corrected chi connectivity index (χ0v) is 8.65. The molecule has 0 aromatic carbocycles. The van der Waals surface area contributed by atoms with Crippen molar-refractivity contribution in [2.24, 2.45) is 0 Å². The van der Waals surface area contributed by atoms with E-state index >= 15 is 0 Å². The van der Waals surface area contributed by atoms with Crippen LogP contribution in [0.3, 0.4) is 0 Å². The van der Waals surface area contributed by atoms with Crippen LogP contribution in [0.4, 0.5) is 0 Å². The Kier molecular flexibility index (Phi) is 2.42. The quantitative estimate of drug-likeness (QED) is 0.833. The molecule has 0 radical (unpaired) electrons. The van der Waals surface area contributed by atoms with Crippen LogP contribution in [0.5, 0.6) is 0 Å². The van der Waals surface area contributed by atoms with E-state index < -0.39 is 5.97 Å². The van der Waals surface area contributed by atoms with Crippen LogP contribution < -0.4 is 0 Å². The molecule has 2 rings (SSSR count). The first-order chi connectivity index (χ1) is 7.18. The van der Waals surface area contributed by atoms with Crippen LogP contribution in [0.2, 0.25) is 0 Å². The number of nitrogens with zero attached hydrogens (tertiary/aromatic N) is 3. The second kappa shape index (κ2) is 3.74. The van der Waals surface area contributed by atoms with E-state index in [9.17, 15) is 4.79 Å². The van der Waals surface area contributed by atoms with Gasteiger partial charge >= 0.3 is 5.97 Å². The lowest BCUT2D eigenvalue weighted by molar-refractivity contribution is 0.0695. The number of aromatic nitrogens is 3. The molecular weight excluding hydrogens is 214 g/mol. The summed E-state index contributed by atoms with van der Waals surface area (Å²) < 4.78 is 0. The van der Waals surface area contributed by atoms with Gasteiger partial charge in [0.25, 0.3) is 0 Å². The van der Waals surface area contributed by atoms with Gasteiger partial charge in [-0.05, 0) is 6.92 Å². The van der Waals surface area contributed by atoms with Crippen molar-refractivity contribution in [2.45, 2.75) is 6.92 Å². The van der Waals surface area contributed by atoms with Gasteiger partial charge in [0.2, 0.25) is 0 Å². The molecule has 2 aromatic heterocycles. The lowest BCUT2D eigenvalue weighted by atomic mass is 10.2. The SMILES string of the molecule is Cc1nc(-c2nccs2)ncc1C(=O)O. The molecule has 0 aliphatic heterocycles. The standard InChI is InChI=1S/C9H7N3O2S/c1-5-6(9(13)14)4-11-7(12-5)8-10-2-3-15-8/h2-4H,1H3,(H,13,14). The summed E-state index contributed by atoms with van der Waals surface area (Å²) in [5, 5.41) is 11.3. The normalized spacial score (nSPS) is 10.2. The monoisotopic (exact) mass is 221 g/mol. The fourth-order valence-corrected chi connectivity index (χ4v) is 1.69. The highest BCUT2D eigenvalue weighted by Gasteiger charge is 2.11. The van der Waals surface area contributed by atoms with Crippen molar-refractivity contribution >= 4 is 17.3 Å². The molecule has 0 atom stereocenters. The smallest absolute Gasteiger partial charge is 0.339 e. The zero-order valence-electron chi connectivity index (χ0n) is 7.84. The maximum atomic E-state index is 10.7. The summed E-state index contributed by atoms with van der Waals surface area (Å²) in [6.07, 6.45) is 2.96. The Labute approximate surface area is 89.5 Å². The Morgan fingerprint density at radius 3 is 2.80 bits per heavy atom. The van der Waals surface area contributed by atoms with Gasteiger partial charge < -0.3 is 5.11 Å². The molecule has 0 bridgehead atoms. The maximum Gasteiger partial charge on any atom is 0.339 e. The number of aryl methyl sites for hydroxylation is 1. The number of aromatic carboxylic acids is 1. The number of rotatable bonds is 2.